The third-order valence-electron chi connectivity index (χ3n) is 7.72. The first kappa shape index (κ1) is 23.2. The fraction of sp³-hybridized carbons (Fsp3) is 0.258. The van der Waals surface area contributed by atoms with Crippen LogP contribution >= 0.6 is 0 Å². The predicted octanol–water partition coefficient (Wildman–Crippen LogP) is 7.93. The molecule has 1 aliphatic heterocycles. The highest BCUT2D eigenvalue weighted by Gasteiger charge is 2.42. The van der Waals surface area contributed by atoms with E-state index in [1.165, 1.54) is 0 Å². The van der Waals surface area contributed by atoms with Crippen molar-refractivity contribution >= 4 is 33.5 Å². The molecule has 0 unspecified atom stereocenters. The Balaban J connectivity index is 1.53. The number of carbonyl (C=O) groups is 1. The number of nitro groups is 1. The van der Waals surface area contributed by atoms with Crippen molar-refractivity contribution in [1.29, 1.82) is 0 Å². The first-order chi connectivity index (χ1) is 17.6. The molecular formula is C31H28N2O4. The van der Waals surface area contributed by atoms with Gasteiger partial charge in [-0.2, -0.15) is 0 Å². The lowest BCUT2D eigenvalue weighted by atomic mass is 9.68. The Morgan fingerprint density at radius 3 is 2.54 bits per heavy atom. The molecule has 1 N–H and O–H groups in total. The molecule has 0 saturated carbocycles. The first-order valence-corrected chi connectivity index (χ1v) is 12.5. The van der Waals surface area contributed by atoms with Gasteiger partial charge in [-0.1, -0.05) is 44.2 Å². The van der Waals surface area contributed by atoms with Crippen LogP contribution in [0.1, 0.15) is 55.2 Å². The van der Waals surface area contributed by atoms with Gasteiger partial charge in [0.15, 0.2) is 5.78 Å². The van der Waals surface area contributed by atoms with Crippen LogP contribution in [0.3, 0.4) is 0 Å². The van der Waals surface area contributed by atoms with Crippen LogP contribution in [-0.2, 0) is 4.79 Å². The van der Waals surface area contributed by atoms with E-state index in [1.54, 1.807) is 18.2 Å². The quantitative estimate of drug-likeness (QED) is 0.232. The Morgan fingerprint density at radius 2 is 1.76 bits per heavy atom. The number of nitrogens with one attached hydrogen (secondary N) is 1. The molecule has 1 atom stereocenters. The molecule has 1 aliphatic carbocycles. The fourth-order valence-corrected chi connectivity index (χ4v) is 5.85. The number of allylic oxidation sites excluding steroid dienone is 1. The minimum atomic E-state index is -0.466. The van der Waals surface area contributed by atoms with Crippen molar-refractivity contribution in [3.05, 3.63) is 98.8 Å². The average molecular weight is 493 g/mol. The van der Waals surface area contributed by atoms with Gasteiger partial charge in [0.1, 0.15) is 17.6 Å². The van der Waals surface area contributed by atoms with Gasteiger partial charge in [-0.25, -0.2) is 0 Å². The predicted molar refractivity (Wildman–Crippen MR) is 146 cm³/mol. The van der Waals surface area contributed by atoms with E-state index in [9.17, 15) is 14.9 Å². The third-order valence-corrected chi connectivity index (χ3v) is 7.72. The normalized spacial score (nSPS) is 18.4. The van der Waals surface area contributed by atoms with Gasteiger partial charge in [0, 0.05) is 29.3 Å². The van der Waals surface area contributed by atoms with Crippen LogP contribution in [0.5, 0.6) is 0 Å². The first-order valence-electron chi connectivity index (χ1n) is 12.5. The van der Waals surface area contributed by atoms with Crippen molar-refractivity contribution in [1.82, 2.24) is 0 Å². The van der Waals surface area contributed by atoms with Gasteiger partial charge in [-0.15, -0.1) is 0 Å². The van der Waals surface area contributed by atoms with Crippen LogP contribution in [0.25, 0.3) is 27.7 Å². The van der Waals surface area contributed by atoms with E-state index in [2.05, 4.69) is 43.4 Å². The summed E-state index contributed by atoms with van der Waals surface area (Å²) in [7, 11) is 0. The summed E-state index contributed by atoms with van der Waals surface area (Å²) < 4.78 is 6.29. The molecule has 0 spiro atoms. The highest BCUT2D eigenvalue weighted by molar-refractivity contribution is 6.12. The number of furan rings is 1. The molecule has 37 heavy (non-hydrogen) atoms. The van der Waals surface area contributed by atoms with E-state index < -0.39 is 6.04 Å². The van der Waals surface area contributed by atoms with E-state index in [-0.39, 0.29) is 21.8 Å². The van der Waals surface area contributed by atoms with Crippen molar-refractivity contribution < 1.29 is 14.1 Å². The highest BCUT2D eigenvalue weighted by atomic mass is 16.6. The second-order valence-electron chi connectivity index (χ2n) is 11.0. The number of nitrogens with zero attached hydrogens (tertiary/aromatic N) is 1. The van der Waals surface area contributed by atoms with E-state index >= 15 is 0 Å². The third kappa shape index (κ3) is 3.75. The van der Waals surface area contributed by atoms with Crippen LogP contribution in [0, 0.1) is 29.4 Å². The summed E-state index contributed by atoms with van der Waals surface area (Å²) in [6.07, 6.45) is 1.24. The molecule has 2 heterocycles. The standard InChI is InChI=1S/C31H28N2O4/c1-17-13-21(24(33(35)36)14-18(17)2)26-11-12-27(37-26)30-29-22(15-31(3,4)16-25(29)34)28-20-8-6-5-7-19(20)9-10-23(28)32-30/h5-14,30,32H,15-16H2,1-4H3/t30-/m1/s1. The van der Waals surface area contributed by atoms with Gasteiger partial charge >= 0.3 is 0 Å². The van der Waals surface area contributed by atoms with E-state index in [4.69, 9.17) is 4.42 Å². The van der Waals surface area contributed by atoms with Crippen molar-refractivity contribution in [3.63, 3.8) is 0 Å². The Morgan fingerprint density at radius 1 is 1.00 bits per heavy atom. The van der Waals surface area contributed by atoms with Crippen molar-refractivity contribution in [2.45, 2.75) is 46.6 Å². The summed E-state index contributed by atoms with van der Waals surface area (Å²) in [6.45, 7) is 8.06. The lowest BCUT2D eigenvalue weighted by Gasteiger charge is -2.39. The number of ketones is 1. The SMILES string of the molecule is Cc1cc(-c2ccc([C@H]3Nc4ccc5ccccc5c4C4=C3C(=O)CC(C)(C)C4)o2)c([N+](=O)[O-])cc1C. The molecule has 0 bridgehead atoms. The van der Waals surface area contributed by atoms with Gasteiger partial charge < -0.3 is 9.73 Å². The molecule has 3 aromatic carbocycles. The Labute approximate surface area is 215 Å². The molecule has 2 aliphatic rings. The monoisotopic (exact) mass is 492 g/mol. The number of benzene rings is 3. The molecule has 6 nitrogen and oxygen atoms in total. The lowest BCUT2D eigenvalue weighted by molar-refractivity contribution is -0.384. The van der Waals surface area contributed by atoms with Gasteiger partial charge in [0.2, 0.25) is 0 Å². The summed E-state index contributed by atoms with van der Waals surface area (Å²) in [5.41, 5.74) is 5.94. The molecule has 0 amide bonds. The molecule has 6 heteroatoms. The molecular weight excluding hydrogens is 464 g/mol. The van der Waals surface area contributed by atoms with Crippen LogP contribution < -0.4 is 5.32 Å². The molecule has 6 rings (SSSR count). The van der Waals surface area contributed by atoms with Crippen molar-refractivity contribution in [2.75, 3.05) is 5.32 Å². The van der Waals surface area contributed by atoms with Gasteiger partial charge in [-0.3, -0.25) is 14.9 Å². The summed E-state index contributed by atoms with van der Waals surface area (Å²) in [6, 6.07) is 18.9. The van der Waals surface area contributed by atoms with E-state index in [0.29, 0.717) is 23.5 Å². The molecule has 0 fully saturated rings. The highest BCUT2D eigenvalue weighted by Crippen LogP contribution is 2.52. The Kier molecular flexibility index (Phi) is 5.13. The number of rotatable bonds is 3. The zero-order valence-electron chi connectivity index (χ0n) is 21.3. The zero-order valence-corrected chi connectivity index (χ0v) is 21.3. The Bertz CT molecular complexity index is 1660. The zero-order chi connectivity index (χ0) is 26.1. The number of nitro benzene ring substituents is 1. The maximum Gasteiger partial charge on any atom is 0.280 e. The van der Waals surface area contributed by atoms with Crippen molar-refractivity contribution in [2.24, 2.45) is 5.41 Å². The largest absolute Gasteiger partial charge is 0.458 e. The number of fused-ring (bicyclic) bond motifs is 4. The number of Topliss-reactive ketones (excluding diaryl/α,β-unsaturated/α-hetero) is 1. The van der Waals surface area contributed by atoms with Crippen LogP contribution in [0.2, 0.25) is 0 Å². The smallest absolute Gasteiger partial charge is 0.280 e. The summed E-state index contributed by atoms with van der Waals surface area (Å²) in [5.74, 6) is 1.10. The summed E-state index contributed by atoms with van der Waals surface area (Å²) in [5, 5.41) is 17.6. The maximum atomic E-state index is 13.6. The number of anilines is 1. The minimum absolute atomic E-state index is 0.00724. The fourth-order valence-electron chi connectivity index (χ4n) is 5.85. The van der Waals surface area contributed by atoms with Gasteiger partial charge in [0.05, 0.1) is 10.5 Å². The second-order valence-corrected chi connectivity index (χ2v) is 11.0. The number of aryl methyl sites for hydroxylation is 2. The molecule has 0 saturated heterocycles. The topological polar surface area (TPSA) is 85.4 Å². The van der Waals surface area contributed by atoms with Gasteiger partial charge in [0.25, 0.3) is 5.69 Å². The maximum absolute atomic E-state index is 13.6. The van der Waals surface area contributed by atoms with Gasteiger partial charge in [-0.05, 0) is 77.4 Å². The number of carbonyl (C=O) groups excluding carboxylic acids is 1. The summed E-state index contributed by atoms with van der Waals surface area (Å²) >= 11 is 0. The molecule has 186 valence electrons. The van der Waals surface area contributed by atoms with E-state index in [1.807, 2.05) is 32.0 Å². The summed E-state index contributed by atoms with van der Waals surface area (Å²) in [4.78, 5) is 25.1. The van der Waals surface area contributed by atoms with Crippen LogP contribution in [0.15, 0.2) is 70.7 Å². The second kappa shape index (κ2) is 8.17. The Hall–Kier alpha value is -4.19. The van der Waals surface area contributed by atoms with Crippen LogP contribution in [-0.4, -0.2) is 10.7 Å². The molecule has 4 aromatic rings. The van der Waals surface area contributed by atoms with Crippen LogP contribution in [0.4, 0.5) is 11.4 Å². The van der Waals surface area contributed by atoms with E-state index in [0.717, 1.165) is 50.7 Å². The minimum Gasteiger partial charge on any atom is -0.458 e. The number of hydrogen-bond donors (Lipinski definition) is 1. The number of hydrogen-bond acceptors (Lipinski definition) is 5. The lowest BCUT2D eigenvalue weighted by Crippen LogP contribution is -2.33. The molecule has 0 radical (unpaired) electrons. The average Bonchev–Trinajstić information content (AvgIpc) is 3.33. The molecule has 1 aromatic heterocycles. The van der Waals surface area contributed by atoms with Crippen molar-refractivity contribution in [3.8, 4) is 11.3 Å².